The van der Waals surface area contributed by atoms with E-state index in [9.17, 15) is 9.59 Å². The summed E-state index contributed by atoms with van der Waals surface area (Å²) < 4.78 is 5.92. The summed E-state index contributed by atoms with van der Waals surface area (Å²) in [6.45, 7) is 8.17. The van der Waals surface area contributed by atoms with Gasteiger partial charge in [0.25, 0.3) is 0 Å². The third-order valence-electron chi connectivity index (χ3n) is 6.05. The number of hydrogen-bond acceptors (Lipinski definition) is 3. The van der Waals surface area contributed by atoms with Crippen molar-refractivity contribution in [2.24, 2.45) is 5.92 Å². The van der Waals surface area contributed by atoms with Crippen LogP contribution in [0.5, 0.6) is 5.75 Å². The van der Waals surface area contributed by atoms with Crippen molar-refractivity contribution in [2.75, 3.05) is 24.5 Å². The molecule has 2 aliphatic heterocycles. The van der Waals surface area contributed by atoms with E-state index < -0.39 is 0 Å². The van der Waals surface area contributed by atoms with E-state index in [4.69, 9.17) is 4.74 Å². The first-order chi connectivity index (χ1) is 14.9. The Kier molecular flexibility index (Phi) is 6.16. The van der Waals surface area contributed by atoms with E-state index in [2.05, 4.69) is 5.32 Å². The van der Waals surface area contributed by atoms with Crippen molar-refractivity contribution in [1.82, 2.24) is 10.2 Å². The van der Waals surface area contributed by atoms with Crippen molar-refractivity contribution in [2.45, 2.75) is 46.3 Å². The van der Waals surface area contributed by atoms with E-state index in [0.717, 1.165) is 35.4 Å². The number of ether oxygens (including phenoxy) is 1. The molecule has 4 rings (SSSR count). The predicted molar refractivity (Wildman–Crippen MR) is 121 cm³/mol. The van der Waals surface area contributed by atoms with Gasteiger partial charge in [-0.15, -0.1) is 0 Å². The summed E-state index contributed by atoms with van der Waals surface area (Å²) in [5.41, 5.74) is 4.18. The number of benzene rings is 2. The van der Waals surface area contributed by atoms with E-state index in [1.807, 2.05) is 73.0 Å². The predicted octanol–water partition coefficient (Wildman–Crippen LogP) is 4.04. The molecule has 2 atom stereocenters. The monoisotopic (exact) mass is 421 g/mol. The first kappa shape index (κ1) is 21.2. The van der Waals surface area contributed by atoms with Crippen LogP contribution in [0.25, 0.3) is 0 Å². The topological polar surface area (TPSA) is 61.9 Å². The lowest BCUT2D eigenvalue weighted by Crippen LogP contribution is -2.53. The molecule has 2 heterocycles. The summed E-state index contributed by atoms with van der Waals surface area (Å²) in [5, 5.41) is 3.05. The van der Waals surface area contributed by atoms with Gasteiger partial charge in [-0.3, -0.25) is 9.69 Å². The number of nitrogens with zero attached hydrogens (tertiary/aromatic N) is 2. The van der Waals surface area contributed by atoms with Gasteiger partial charge >= 0.3 is 6.03 Å². The Labute approximate surface area is 184 Å². The summed E-state index contributed by atoms with van der Waals surface area (Å²) in [5.74, 6) is 0.574. The van der Waals surface area contributed by atoms with E-state index in [-0.39, 0.29) is 24.0 Å². The number of piperidine rings is 1. The summed E-state index contributed by atoms with van der Waals surface area (Å²) in [7, 11) is 0. The van der Waals surface area contributed by atoms with Crippen LogP contribution in [-0.2, 0) is 11.3 Å². The molecule has 1 fully saturated rings. The molecule has 0 radical (unpaired) electrons. The maximum absolute atomic E-state index is 13.4. The molecular weight excluding hydrogens is 390 g/mol. The van der Waals surface area contributed by atoms with Gasteiger partial charge in [0.05, 0.1) is 18.2 Å². The molecule has 1 saturated heterocycles. The van der Waals surface area contributed by atoms with Gasteiger partial charge in [-0.05, 0) is 56.9 Å². The molecule has 0 spiro atoms. The minimum absolute atomic E-state index is 0.0182. The molecule has 0 bridgehead atoms. The van der Waals surface area contributed by atoms with Crippen LogP contribution in [0, 0.1) is 19.8 Å². The number of urea groups is 1. The molecule has 6 heteroatoms. The second-order valence-electron chi connectivity index (χ2n) is 8.78. The van der Waals surface area contributed by atoms with Gasteiger partial charge in [0.15, 0.2) is 0 Å². The van der Waals surface area contributed by atoms with Crippen molar-refractivity contribution >= 4 is 17.6 Å². The zero-order chi connectivity index (χ0) is 22.0. The highest BCUT2D eigenvalue weighted by atomic mass is 16.5. The lowest BCUT2D eigenvalue weighted by atomic mass is 9.97. The fourth-order valence-corrected chi connectivity index (χ4v) is 4.30. The highest BCUT2D eigenvalue weighted by molar-refractivity contribution is 5.95. The average Bonchev–Trinajstić information content (AvgIpc) is 2.78. The second-order valence-corrected chi connectivity index (χ2v) is 8.78. The molecule has 2 aliphatic rings. The van der Waals surface area contributed by atoms with Crippen molar-refractivity contribution in [3.63, 3.8) is 0 Å². The maximum atomic E-state index is 13.4. The first-order valence-electron chi connectivity index (χ1n) is 11.1. The number of fused-ring (bicyclic) bond motifs is 1. The van der Waals surface area contributed by atoms with Crippen LogP contribution in [0.4, 0.5) is 10.5 Å². The van der Waals surface area contributed by atoms with Gasteiger partial charge in [-0.1, -0.05) is 35.9 Å². The van der Waals surface area contributed by atoms with E-state index in [1.54, 1.807) is 0 Å². The SMILES string of the molecule is Cc1ccc(CNC(=O)[C@@H]2CCCN(C(=O)N3C[C@H](C)Oc4ccc(C)cc43)C2)cc1. The quantitative estimate of drug-likeness (QED) is 0.814. The number of carbonyl (C=O) groups excluding carboxylic acids is 2. The Hall–Kier alpha value is -3.02. The van der Waals surface area contributed by atoms with Gasteiger partial charge in [-0.2, -0.15) is 0 Å². The number of carbonyl (C=O) groups is 2. The van der Waals surface area contributed by atoms with Crippen molar-refractivity contribution in [3.8, 4) is 5.75 Å². The Balaban J connectivity index is 1.41. The molecule has 0 unspecified atom stereocenters. The van der Waals surface area contributed by atoms with Gasteiger partial charge < -0.3 is 15.0 Å². The summed E-state index contributed by atoms with van der Waals surface area (Å²) >= 11 is 0. The Bertz CT molecular complexity index is 957. The van der Waals surface area contributed by atoms with Crippen LogP contribution in [0.3, 0.4) is 0 Å². The zero-order valence-electron chi connectivity index (χ0n) is 18.6. The summed E-state index contributed by atoms with van der Waals surface area (Å²) in [6.07, 6.45) is 1.56. The molecule has 0 saturated carbocycles. The molecule has 164 valence electrons. The third-order valence-corrected chi connectivity index (χ3v) is 6.05. The fourth-order valence-electron chi connectivity index (χ4n) is 4.30. The standard InChI is InChI=1S/C25H31N3O3/c1-17-6-9-20(10-7-17)14-26-24(29)21-5-4-12-27(16-21)25(30)28-15-19(3)31-23-11-8-18(2)13-22(23)28/h6-11,13,19,21H,4-5,12,14-16H2,1-3H3,(H,26,29)/t19-,21+/m0/s1. The molecule has 2 aromatic carbocycles. The van der Waals surface area contributed by atoms with E-state index >= 15 is 0 Å². The van der Waals surface area contributed by atoms with Crippen LogP contribution in [-0.4, -0.2) is 42.6 Å². The third kappa shape index (κ3) is 4.84. The maximum Gasteiger partial charge on any atom is 0.324 e. The van der Waals surface area contributed by atoms with Gasteiger partial charge in [0.2, 0.25) is 5.91 Å². The molecule has 6 nitrogen and oxygen atoms in total. The Morgan fingerprint density at radius 2 is 1.81 bits per heavy atom. The van der Waals surface area contributed by atoms with Crippen molar-refractivity contribution in [1.29, 1.82) is 0 Å². The van der Waals surface area contributed by atoms with Crippen LogP contribution in [0.2, 0.25) is 0 Å². The van der Waals surface area contributed by atoms with Crippen LogP contribution in [0.15, 0.2) is 42.5 Å². The number of amides is 3. The van der Waals surface area contributed by atoms with Gasteiger partial charge in [0.1, 0.15) is 11.9 Å². The molecule has 2 aromatic rings. The highest BCUT2D eigenvalue weighted by Crippen LogP contribution is 2.35. The van der Waals surface area contributed by atoms with Crippen molar-refractivity contribution < 1.29 is 14.3 Å². The number of rotatable bonds is 3. The fraction of sp³-hybridized carbons (Fsp3) is 0.440. The molecule has 3 amide bonds. The van der Waals surface area contributed by atoms with Crippen LogP contribution in [0.1, 0.15) is 36.5 Å². The average molecular weight is 422 g/mol. The molecule has 31 heavy (non-hydrogen) atoms. The molecule has 1 N–H and O–H groups in total. The number of aryl methyl sites for hydroxylation is 2. The summed E-state index contributed by atoms with van der Waals surface area (Å²) in [6, 6.07) is 14.0. The van der Waals surface area contributed by atoms with Gasteiger partial charge in [0, 0.05) is 19.6 Å². The van der Waals surface area contributed by atoms with E-state index in [0.29, 0.717) is 26.2 Å². The minimum Gasteiger partial charge on any atom is -0.487 e. The highest BCUT2D eigenvalue weighted by Gasteiger charge is 2.34. The molecule has 0 aliphatic carbocycles. The minimum atomic E-state index is -0.182. The normalized spacial score (nSPS) is 20.6. The van der Waals surface area contributed by atoms with E-state index in [1.165, 1.54) is 5.56 Å². The lowest BCUT2D eigenvalue weighted by Gasteiger charge is -2.39. The molecular formula is C25H31N3O3. The number of anilines is 1. The van der Waals surface area contributed by atoms with Crippen LogP contribution >= 0.6 is 0 Å². The Morgan fingerprint density at radius 3 is 2.58 bits per heavy atom. The number of likely N-dealkylation sites (tertiary alicyclic amines) is 1. The Morgan fingerprint density at radius 1 is 1.06 bits per heavy atom. The summed E-state index contributed by atoms with van der Waals surface area (Å²) in [4.78, 5) is 29.8. The number of nitrogens with one attached hydrogen (secondary N) is 1. The zero-order valence-corrected chi connectivity index (χ0v) is 18.6. The van der Waals surface area contributed by atoms with Crippen LogP contribution < -0.4 is 15.0 Å². The lowest BCUT2D eigenvalue weighted by molar-refractivity contribution is -0.126. The van der Waals surface area contributed by atoms with Crippen molar-refractivity contribution in [3.05, 3.63) is 59.2 Å². The first-order valence-corrected chi connectivity index (χ1v) is 11.1. The smallest absolute Gasteiger partial charge is 0.324 e. The molecule has 0 aromatic heterocycles. The second kappa shape index (κ2) is 9.00. The number of hydrogen-bond donors (Lipinski definition) is 1. The van der Waals surface area contributed by atoms with Gasteiger partial charge in [-0.25, -0.2) is 4.79 Å². The largest absolute Gasteiger partial charge is 0.487 e.